The van der Waals surface area contributed by atoms with Gasteiger partial charge >= 0.3 is 5.97 Å². The molecule has 1 atom stereocenters. The lowest BCUT2D eigenvalue weighted by molar-refractivity contribution is -0.155. The van der Waals surface area contributed by atoms with Crippen molar-refractivity contribution in [1.29, 1.82) is 0 Å². The Morgan fingerprint density at radius 3 is 2.31 bits per heavy atom. The molecule has 0 spiro atoms. The lowest BCUT2D eigenvalue weighted by Crippen LogP contribution is -2.31. The molecule has 3 N–H and O–H groups in total. The SMILES string of the molecule is NCCc1ccc(-c2ccc(ON3CCC(CC(=O)O)C3=O)cc2)cc1. The third kappa shape index (κ3) is 4.21. The van der Waals surface area contributed by atoms with Crippen LogP contribution in [0.2, 0.25) is 0 Å². The van der Waals surface area contributed by atoms with Crippen molar-refractivity contribution in [2.45, 2.75) is 19.3 Å². The molecule has 0 bridgehead atoms. The Morgan fingerprint density at radius 1 is 1.12 bits per heavy atom. The number of carboxylic acids is 1. The second-order valence-electron chi connectivity index (χ2n) is 6.38. The van der Waals surface area contributed by atoms with Gasteiger partial charge in [0.15, 0.2) is 5.75 Å². The van der Waals surface area contributed by atoms with Crippen LogP contribution in [0.15, 0.2) is 48.5 Å². The summed E-state index contributed by atoms with van der Waals surface area (Å²) in [5.41, 5.74) is 8.92. The van der Waals surface area contributed by atoms with Crippen molar-refractivity contribution >= 4 is 11.9 Å². The summed E-state index contributed by atoms with van der Waals surface area (Å²) in [5.74, 6) is -1.18. The number of hydroxylamine groups is 2. The number of nitrogens with two attached hydrogens (primary N) is 1. The fourth-order valence-corrected chi connectivity index (χ4v) is 3.07. The van der Waals surface area contributed by atoms with Crippen molar-refractivity contribution < 1.29 is 19.5 Å². The van der Waals surface area contributed by atoms with E-state index in [2.05, 4.69) is 24.3 Å². The van der Waals surface area contributed by atoms with E-state index >= 15 is 0 Å². The summed E-state index contributed by atoms with van der Waals surface area (Å²) in [7, 11) is 0. The lowest BCUT2D eigenvalue weighted by Gasteiger charge is -2.17. The largest absolute Gasteiger partial charge is 0.481 e. The minimum Gasteiger partial charge on any atom is -0.481 e. The van der Waals surface area contributed by atoms with Crippen LogP contribution in [0.25, 0.3) is 11.1 Å². The Morgan fingerprint density at radius 2 is 1.73 bits per heavy atom. The fourth-order valence-electron chi connectivity index (χ4n) is 3.07. The van der Waals surface area contributed by atoms with E-state index in [4.69, 9.17) is 15.7 Å². The van der Waals surface area contributed by atoms with Crippen LogP contribution in [-0.4, -0.2) is 35.1 Å². The van der Waals surface area contributed by atoms with E-state index in [0.717, 1.165) is 17.5 Å². The number of hydrogen-bond donors (Lipinski definition) is 2. The monoisotopic (exact) mass is 354 g/mol. The molecule has 1 fully saturated rings. The third-order valence-corrected chi connectivity index (χ3v) is 4.49. The maximum absolute atomic E-state index is 12.1. The number of carbonyl (C=O) groups is 2. The average Bonchev–Trinajstić information content (AvgIpc) is 2.96. The summed E-state index contributed by atoms with van der Waals surface area (Å²) in [6, 6.07) is 15.7. The highest BCUT2D eigenvalue weighted by atomic mass is 16.7. The summed E-state index contributed by atoms with van der Waals surface area (Å²) in [4.78, 5) is 28.5. The molecule has 0 radical (unpaired) electrons. The van der Waals surface area contributed by atoms with Gasteiger partial charge in [0.2, 0.25) is 0 Å². The first-order valence-electron chi connectivity index (χ1n) is 8.67. The molecule has 2 aromatic carbocycles. The van der Waals surface area contributed by atoms with Crippen LogP contribution >= 0.6 is 0 Å². The molecule has 0 saturated carbocycles. The molecule has 2 aromatic rings. The smallest absolute Gasteiger partial charge is 0.304 e. The van der Waals surface area contributed by atoms with E-state index in [0.29, 0.717) is 25.3 Å². The second-order valence-corrected chi connectivity index (χ2v) is 6.38. The first kappa shape index (κ1) is 17.9. The Bertz CT molecular complexity index is 771. The summed E-state index contributed by atoms with van der Waals surface area (Å²) in [6.45, 7) is 1.04. The van der Waals surface area contributed by atoms with Crippen LogP contribution in [0.4, 0.5) is 0 Å². The molecule has 1 aliphatic heterocycles. The first-order chi connectivity index (χ1) is 12.6. The van der Waals surface area contributed by atoms with Gasteiger partial charge in [-0.05, 0) is 48.2 Å². The molecule has 6 nitrogen and oxygen atoms in total. The highest BCUT2D eigenvalue weighted by Gasteiger charge is 2.34. The van der Waals surface area contributed by atoms with Gasteiger partial charge in [0, 0.05) is 0 Å². The van der Waals surface area contributed by atoms with E-state index in [1.165, 1.54) is 10.6 Å². The van der Waals surface area contributed by atoms with E-state index in [9.17, 15) is 9.59 Å². The number of amides is 1. The predicted molar refractivity (Wildman–Crippen MR) is 97.3 cm³/mol. The molecule has 26 heavy (non-hydrogen) atoms. The third-order valence-electron chi connectivity index (χ3n) is 4.49. The molecule has 6 heteroatoms. The number of nitrogens with zero attached hydrogens (tertiary/aromatic N) is 1. The number of rotatable bonds is 7. The molecular weight excluding hydrogens is 332 g/mol. The number of aliphatic carboxylic acids is 1. The van der Waals surface area contributed by atoms with Crippen molar-refractivity contribution in [2.75, 3.05) is 13.1 Å². The number of carboxylic acid groups (broad SMARTS) is 1. The molecule has 1 amide bonds. The van der Waals surface area contributed by atoms with Crippen molar-refractivity contribution in [3.05, 3.63) is 54.1 Å². The molecule has 136 valence electrons. The van der Waals surface area contributed by atoms with E-state index in [1.807, 2.05) is 12.1 Å². The Balaban J connectivity index is 1.63. The van der Waals surface area contributed by atoms with Gasteiger partial charge in [0.1, 0.15) is 0 Å². The topological polar surface area (TPSA) is 92.9 Å². The normalized spacial score (nSPS) is 16.7. The van der Waals surface area contributed by atoms with Gasteiger partial charge in [-0.1, -0.05) is 36.4 Å². The highest BCUT2D eigenvalue weighted by molar-refractivity contribution is 5.84. The number of benzene rings is 2. The zero-order valence-electron chi connectivity index (χ0n) is 14.4. The maximum Gasteiger partial charge on any atom is 0.304 e. The molecule has 1 saturated heterocycles. The standard InChI is InChI=1S/C20H22N2O4/c21-11-9-14-1-3-15(4-2-14)16-5-7-18(8-6-16)26-22-12-10-17(20(22)25)13-19(23)24/h1-8,17H,9-13,21H2,(H,23,24). The Hall–Kier alpha value is -2.86. The minimum atomic E-state index is -0.966. The van der Waals surface area contributed by atoms with E-state index < -0.39 is 11.9 Å². The summed E-state index contributed by atoms with van der Waals surface area (Å²) in [6.07, 6.45) is 1.20. The molecular formula is C20H22N2O4. The maximum atomic E-state index is 12.1. The zero-order valence-corrected chi connectivity index (χ0v) is 14.4. The zero-order chi connectivity index (χ0) is 18.5. The molecule has 0 aliphatic carbocycles. The molecule has 1 unspecified atom stereocenters. The summed E-state index contributed by atoms with van der Waals surface area (Å²) < 4.78 is 0. The van der Waals surface area contributed by atoms with E-state index in [1.54, 1.807) is 12.1 Å². The first-order valence-corrected chi connectivity index (χ1v) is 8.67. The quantitative estimate of drug-likeness (QED) is 0.797. The predicted octanol–water partition coefficient (Wildman–Crippen LogP) is 2.47. The van der Waals surface area contributed by atoms with Gasteiger partial charge in [-0.25, -0.2) is 0 Å². The number of carbonyl (C=O) groups excluding carboxylic acids is 1. The van der Waals surface area contributed by atoms with Gasteiger partial charge in [0.05, 0.1) is 18.9 Å². The average molecular weight is 354 g/mol. The summed E-state index contributed by atoms with van der Waals surface area (Å²) >= 11 is 0. The van der Waals surface area contributed by atoms with Gasteiger partial charge < -0.3 is 15.7 Å². The van der Waals surface area contributed by atoms with Crippen molar-refractivity contribution in [3.8, 4) is 16.9 Å². The van der Waals surface area contributed by atoms with Gasteiger partial charge in [0.25, 0.3) is 5.91 Å². The van der Waals surface area contributed by atoms with Crippen LogP contribution < -0.4 is 10.6 Å². The summed E-state index contributed by atoms with van der Waals surface area (Å²) in [5, 5.41) is 10.1. The molecule has 1 aliphatic rings. The van der Waals surface area contributed by atoms with Crippen molar-refractivity contribution in [3.63, 3.8) is 0 Å². The molecule has 1 heterocycles. The lowest BCUT2D eigenvalue weighted by atomic mass is 10.0. The van der Waals surface area contributed by atoms with Crippen molar-refractivity contribution in [2.24, 2.45) is 11.7 Å². The minimum absolute atomic E-state index is 0.155. The molecule has 0 aromatic heterocycles. The van der Waals surface area contributed by atoms with Gasteiger partial charge in [-0.2, -0.15) is 5.06 Å². The fraction of sp³-hybridized carbons (Fsp3) is 0.300. The number of hydrogen-bond acceptors (Lipinski definition) is 4. The van der Waals surface area contributed by atoms with Gasteiger partial charge in [-0.3, -0.25) is 9.59 Å². The van der Waals surface area contributed by atoms with Crippen LogP contribution in [0, 0.1) is 5.92 Å². The second kappa shape index (κ2) is 8.01. The van der Waals surface area contributed by atoms with E-state index in [-0.39, 0.29) is 12.3 Å². The molecule has 3 rings (SSSR count). The Labute approximate surface area is 152 Å². The highest BCUT2D eigenvalue weighted by Crippen LogP contribution is 2.26. The Kier molecular flexibility index (Phi) is 5.53. The van der Waals surface area contributed by atoms with Crippen LogP contribution in [0.1, 0.15) is 18.4 Å². The van der Waals surface area contributed by atoms with Gasteiger partial charge in [-0.15, -0.1) is 0 Å². The van der Waals surface area contributed by atoms with Crippen molar-refractivity contribution in [1.82, 2.24) is 5.06 Å². The van der Waals surface area contributed by atoms with Crippen LogP contribution in [-0.2, 0) is 16.0 Å². The van der Waals surface area contributed by atoms with Crippen LogP contribution in [0.3, 0.4) is 0 Å². The van der Waals surface area contributed by atoms with Crippen LogP contribution in [0.5, 0.6) is 5.75 Å².